The Hall–Kier alpha value is -2.58. The van der Waals surface area contributed by atoms with Crippen molar-refractivity contribution in [3.8, 4) is 11.5 Å². The zero-order valence-electron chi connectivity index (χ0n) is 15.8. The second-order valence-corrected chi connectivity index (χ2v) is 9.82. The van der Waals surface area contributed by atoms with Crippen LogP contribution in [-0.4, -0.2) is 48.6 Å². The highest BCUT2D eigenvalue weighted by atomic mass is 32.2. The second-order valence-electron chi connectivity index (χ2n) is 7.88. The number of benzene rings is 2. The molecular formula is C21H21N3O4S. The first kappa shape index (κ1) is 17.3. The average Bonchev–Trinajstić information content (AvgIpc) is 3.48. The van der Waals surface area contributed by atoms with Crippen LogP contribution < -0.4 is 9.47 Å². The monoisotopic (exact) mass is 411 g/mol. The van der Waals surface area contributed by atoms with Crippen LogP contribution in [0.5, 0.6) is 11.5 Å². The van der Waals surface area contributed by atoms with E-state index in [9.17, 15) is 8.42 Å². The number of rotatable bonds is 4. The normalized spacial score (nSPS) is 20.0. The van der Waals surface area contributed by atoms with Crippen LogP contribution in [0.4, 0.5) is 0 Å². The van der Waals surface area contributed by atoms with Crippen molar-refractivity contribution in [2.24, 2.45) is 0 Å². The topological polar surface area (TPSA) is 73.7 Å². The minimum Gasteiger partial charge on any atom is -0.486 e. The van der Waals surface area contributed by atoms with Gasteiger partial charge in [-0.05, 0) is 37.1 Å². The lowest BCUT2D eigenvalue weighted by molar-refractivity contribution is 0.171. The van der Waals surface area contributed by atoms with Crippen molar-refractivity contribution in [2.75, 3.05) is 26.3 Å². The first-order valence-electron chi connectivity index (χ1n) is 9.98. The van der Waals surface area contributed by atoms with Gasteiger partial charge >= 0.3 is 0 Å². The average molecular weight is 411 g/mol. The zero-order chi connectivity index (χ0) is 19.6. The second kappa shape index (κ2) is 6.21. The molecule has 0 atom stereocenters. The van der Waals surface area contributed by atoms with Crippen molar-refractivity contribution in [1.82, 2.24) is 13.9 Å². The number of aromatic nitrogens is 2. The van der Waals surface area contributed by atoms with Crippen molar-refractivity contribution < 1.29 is 17.9 Å². The number of hydrogen-bond acceptors (Lipinski definition) is 5. The first-order chi connectivity index (χ1) is 14.1. The van der Waals surface area contributed by atoms with Crippen LogP contribution in [0.2, 0.25) is 0 Å². The Balaban J connectivity index is 1.28. The number of para-hydroxylation sites is 2. The Morgan fingerprint density at radius 1 is 0.966 bits per heavy atom. The molecule has 8 heteroatoms. The molecule has 0 N–H and O–H groups in total. The zero-order valence-corrected chi connectivity index (χ0v) is 16.6. The van der Waals surface area contributed by atoms with E-state index in [4.69, 9.17) is 14.5 Å². The van der Waals surface area contributed by atoms with E-state index in [1.54, 1.807) is 18.2 Å². The number of fused-ring (bicyclic) bond motifs is 2. The van der Waals surface area contributed by atoms with E-state index in [0.29, 0.717) is 43.7 Å². The summed E-state index contributed by atoms with van der Waals surface area (Å²) in [6.45, 7) is 1.82. The Bertz CT molecular complexity index is 1210. The fourth-order valence-corrected chi connectivity index (χ4v) is 5.72. The molecule has 2 aromatic carbocycles. The van der Waals surface area contributed by atoms with Crippen molar-refractivity contribution in [3.05, 3.63) is 48.3 Å². The van der Waals surface area contributed by atoms with E-state index in [2.05, 4.69) is 10.6 Å². The third-order valence-corrected chi connectivity index (χ3v) is 7.74. The van der Waals surface area contributed by atoms with Gasteiger partial charge in [0.15, 0.2) is 11.5 Å². The Labute approximate surface area is 168 Å². The summed E-state index contributed by atoms with van der Waals surface area (Å²) in [4.78, 5) is 5.08. The summed E-state index contributed by atoms with van der Waals surface area (Å²) < 4.78 is 41.1. The van der Waals surface area contributed by atoms with Gasteiger partial charge in [-0.25, -0.2) is 13.4 Å². The SMILES string of the molecule is O=S(=O)(c1ccc2c(c1)OCCO2)N1CC(n2c(C3CC3)nc3ccccc32)C1. The molecule has 0 spiro atoms. The lowest BCUT2D eigenvalue weighted by Gasteiger charge is -2.39. The highest BCUT2D eigenvalue weighted by molar-refractivity contribution is 7.89. The van der Waals surface area contributed by atoms with Gasteiger partial charge in [0.25, 0.3) is 0 Å². The van der Waals surface area contributed by atoms with E-state index in [1.165, 1.54) is 4.31 Å². The van der Waals surface area contributed by atoms with E-state index in [-0.39, 0.29) is 10.9 Å². The van der Waals surface area contributed by atoms with Crippen molar-refractivity contribution in [2.45, 2.75) is 29.7 Å². The van der Waals surface area contributed by atoms with E-state index in [1.807, 2.05) is 18.2 Å². The van der Waals surface area contributed by atoms with Crippen LogP contribution in [0.15, 0.2) is 47.4 Å². The van der Waals surface area contributed by atoms with Gasteiger partial charge in [-0.1, -0.05) is 12.1 Å². The van der Waals surface area contributed by atoms with Crippen LogP contribution in [0, 0.1) is 0 Å². The molecule has 1 aliphatic carbocycles. The molecule has 0 amide bonds. The summed E-state index contributed by atoms with van der Waals surface area (Å²) in [7, 11) is -3.57. The highest BCUT2D eigenvalue weighted by Gasteiger charge is 2.41. The number of sulfonamides is 1. The molecule has 150 valence electrons. The van der Waals surface area contributed by atoms with Crippen LogP contribution in [0.3, 0.4) is 0 Å². The summed E-state index contributed by atoms with van der Waals surface area (Å²) >= 11 is 0. The molecule has 3 aliphatic rings. The summed E-state index contributed by atoms with van der Waals surface area (Å²) in [5, 5.41) is 0. The molecule has 0 radical (unpaired) electrons. The smallest absolute Gasteiger partial charge is 0.243 e. The van der Waals surface area contributed by atoms with Crippen LogP contribution in [0.25, 0.3) is 11.0 Å². The predicted octanol–water partition coefficient (Wildman–Crippen LogP) is 2.93. The molecule has 7 nitrogen and oxygen atoms in total. The summed E-state index contributed by atoms with van der Waals surface area (Å²) in [6, 6.07) is 13.1. The van der Waals surface area contributed by atoms with Gasteiger partial charge in [0.2, 0.25) is 10.0 Å². The number of imidazole rings is 1. The number of hydrogen-bond donors (Lipinski definition) is 0. The van der Waals surface area contributed by atoms with Crippen molar-refractivity contribution in [1.29, 1.82) is 0 Å². The van der Waals surface area contributed by atoms with E-state index < -0.39 is 10.0 Å². The maximum absolute atomic E-state index is 13.1. The summed E-state index contributed by atoms with van der Waals surface area (Å²) in [5.74, 6) is 2.69. The van der Waals surface area contributed by atoms with Gasteiger partial charge in [-0.2, -0.15) is 4.31 Å². The van der Waals surface area contributed by atoms with Crippen LogP contribution in [-0.2, 0) is 10.0 Å². The Kier molecular flexibility index (Phi) is 3.70. The van der Waals surface area contributed by atoms with Gasteiger partial charge < -0.3 is 14.0 Å². The summed E-state index contributed by atoms with van der Waals surface area (Å²) in [5.41, 5.74) is 2.08. The minimum absolute atomic E-state index is 0.116. The predicted molar refractivity (Wildman–Crippen MR) is 107 cm³/mol. The van der Waals surface area contributed by atoms with Gasteiger partial charge in [-0.3, -0.25) is 0 Å². The largest absolute Gasteiger partial charge is 0.486 e. The summed E-state index contributed by atoms with van der Waals surface area (Å²) in [6.07, 6.45) is 2.32. The van der Waals surface area contributed by atoms with Crippen LogP contribution >= 0.6 is 0 Å². The molecule has 6 rings (SSSR count). The molecule has 3 aromatic rings. The molecule has 0 unspecified atom stereocenters. The highest BCUT2D eigenvalue weighted by Crippen LogP contribution is 2.43. The van der Waals surface area contributed by atoms with Gasteiger partial charge in [-0.15, -0.1) is 0 Å². The van der Waals surface area contributed by atoms with E-state index >= 15 is 0 Å². The molecule has 3 heterocycles. The third-order valence-electron chi connectivity index (χ3n) is 5.91. The molecule has 29 heavy (non-hydrogen) atoms. The first-order valence-corrected chi connectivity index (χ1v) is 11.4. The van der Waals surface area contributed by atoms with Crippen molar-refractivity contribution >= 4 is 21.1 Å². The quantitative estimate of drug-likeness (QED) is 0.660. The Morgan fingerprint density at radius 3 is 2.52 bits per heavy atom. The lowest BCUT2D eigenvalue weighted by atomic mass is 10.1. The lowest BCUT2D eigenvalue weighted by Crippen LogP contribution is -2.50. The van der Waals surface area contributed by atoms with E-state index in [0.717, 1.165) is 29.7 Å². The molecule has 2 aliphatic heterocycles. The number of nitrogens with zero attached hydrogens (tertiary/aromatic N) is 3. The fourth-order valence-electron chi connectivity index (χ4n) is 4.19. The molecule has 0 bridgehead atoms. The molecule has 1 saturated heterocycles. The number of ether oxygens (including phenoxy) is 2. The fraction of sp³-hybridized carbons (Fsp3) is 0.381. The van der Waals surface area contributed by atoms with Crippen molar-refractivity contribution in [3.63, 3.8) is 0 Å². The molecule has 2 fully saturated rings. The molecular weight excluding hydrogens is 390 g/mol. The maximum Gasteiger partial charge on any atom is 0.243 e. The van der Waals surface area contributed by atoms with Crippen LogP contribution in [0.1, 0.15) is 30.6 Å². The maximum atomic E-state index is 13.1. The van der Waals surface area contributed by atoms with Gasteiger partial charge in [0.05, 0.1) is 22.0 Å². The van der Waals surface area contributed by atoms with Gasteiger partial charge in [0, 0.05) is 25.1 Å². The standard InChI is InChI=1S/C21H21N3O4S/c25-29(26,16-7-8-19-20(11-16)28-10-9-27-19)23-12-15(13-23)24-18-4-2-1-3-17(18)22-21(24)14-5-6-14/h1-4,7-8,11,14-15H,5-6,9-10,12-13H2. The Morgan fingerprint density at radius 2 is 1.72 bits per heavy atom. The van der Waals surface area contributed by atoms with Gasteiger partial charge in [0.1, 0.15) is 19.0 Å². The third kappa shape index (κ3) is 2.73. The molecule has 1 aromatic heterocycles. The molecule has 1 saturated carbocycles. The minimum atomic E-state index is -3.57.